The molecule has 2 aromatic rings. The highest BCUT2D eigenvalue weighted by Gasteiger charge is 2.31. The van der Waals surface area contributed by atoms with Crippen LogP contribution in [0.15, 0.2) is 27.3 Å². The van der Waals surface area contributed by atoms with Crippen LogP contribution in [0, 0.1) is 5.92 Å². The molecular weight excluding hydrogens is 324 g/mol. The Hall–Kier alpha value is -2.35. The molecule has 1 aliphatic rings. The van der Waals surface area contributed by atoms with Crippen molar-refractivity contribution in [1.82, 2.24) is 20.8 Å². The zero-order valence-corrected chi connectivity index (χ0v) is 14.5. The number of hydrogen-bond acceptors (Lipinski definition) is 6. The van der Waals surface area contributed by atoms with Gasteiger partial charge in [0.2, 0.25) is 5.89 Å². The van der Waals surface area contributed by atoms with E-state index in [1.807, 2.05) is 19.9 Å². The Balaban J connectivity index is 1.67. The van der Waals surface area contributed by atoms with Gasteiger partial charge in [-0.25, -0.2) is 4.79 Å². The Morgan fingerprint density at radius 2 is 2.16 bits per heavy atom. The van der Waals surface area contributed by atoms with Gasteiger partial charge >= 0.3 is 6.03 Å². The second-order valence-electron chi connectivity index (χ2n) is 6.48. The predicted octanol–water partition coefficient (Wildman–Crippen LogP) is 2.75. The highest BCUT2D eigenvalue weighted by Crippen LogP contribution is 2.29. The second-order valence-corrected chi connectivity index (χ2v) is 6.48. The molecule has 25 heavy (non-hydrogen) atoms. The van der Waals surface area contributed by atoms with Crippen molar-refractivity contribution in [2.24, 2.45) is 5.92 Å². The molecule has 0 aliphatic carbocycles. The molecule has 0 aromatic carbocycles. The standard InChI is InChI=1S/C17H24N4O4/c1-11(2)15-20-16(25-21-15)14(12-5-8-23-9-6-12)19-17(22)18-10-13-4-3-7-24-13/h3-4,7,11-12,14H,5-6,8-10H2,1-2H3,(H2,18,19,22). The number of aromatic nitrogens is 2. The van der Waals surface area contributed by atoms with E-state index in [0.29, 0.717) is 37.2 Å². The zero-order valence-electron chi connectivity index (χ0n) is 14.5. The van der Waals surface area contributed by atoms with Gasteiger partial charge < -0.3 is 24.3 Å². The zero-order chi connectivity index (χ0) is 17.6. The smallest absolute Gasteiger partial charge is 0.315 e. The lowest BCUT2D eigenvalue weighted by atomic mass is 9.91. The Labute approximate surface area is 146 Å². The van der Waals surface area contributed by atoms with Crippen LogP contribution < -0.4 is 10.6 Å². The Morgan fingerprint density at radius 1 is 1.36 bits per heavy atom. The van der Waals surface area contributed by atoms with Crippen LogP contribution in [-0.2, 0) is 11.3 Å². The molecule has 1 saturated heterocycles. The van der Waals surface area contributed by atoms with E-state index in [1.165, 1.54) is 0 Å². The number of rotatable bonds is 6. The summed E-state index contributed by atoms with van der Waals surface area (Å²) in [5, 5.41) is 9.78. The number of furan rings is 1. The molecule has 0 radical (unpaired) electrons. The van der Waals surface area contributed by atoms with Gasteiger partial charge in [0, 0.05) is 19.1 Å². The van der Waals surface area contributed by atoms with E-state index in [-0.39, 0.29) is 23.9 Å². The Morgan fingerprint density at radius 3 is 2.80 bits per heavy atom. The van der Waals surface area contributed by atoms with Crippen molar-refractivity contribution in [3.05, 3.63) is 35.9 Å². The normalized spacial score (nSPS) is 16.8. The monoisotopic (exact) mass is 348 g/mol. The quantitative estimate of drug-likeness (QED) is 0.832. The van der Waals surface area contributed by atoms with Gasteiger partial charge in [-0.2, -0.15) is 4.98 Å². The molecule has 136 valence electrons. The van der Waals surface area contributed by atoms with Crippen LogP contribution in [0.25, 0.3) is 0 Å². The second kappa shape index (κ2) is 8.15. The van der Waals surface area contributed by atoms with Gasteiger partial charge in [0.15, 0.2) is 5.82 Å². The van der Waals surface area contributed by atoms with Crippen molar-refractivity contribution >= 4 is 6.03 Å². The summed E-state index contributed by atoms with van der Waals surface area (Å²) in [6.45, 7) is 5.66. The number of carbonyl (C=O) groups excluding carboxylic acids is 1. The lowest BCUT2D eigenvalue weighted by Crippen LogP contribution is -2.41. The number of nitrogens with zero attached hydrogens (tertiary/aromatic N) is 2. The van der Waals surface area contributed by atoms with Crippen LogP contribution in [0.5, 0.6) is 0 Å². The maximum absolute atomic E-state index is 12.3. The average Bonchev–Trinajstić information content (AvgIpc) is 3.30. The van der Waals surface area contributed by atoms with Gasteiger partial charge in [-0.05, 0) is 30.9 Å². The number of hydrogen-bond donors (Lipinski definition) is 2. The minimum Gasteiger partial charge on any atom is -0.467 e. The molecule has 0 spiro atoms. The van der Waals surface area contributed by atoms with E-state index in [0.717, 1.165) is 12.8 Å². The molecule has 2 aromatic heterocycles. The number of urea groups is 1. The highest BCUT2D eigenvalue weighted by molar-refractivity contribution is 5.74. The Bertz CT molecular complexity index is 662. The van der Waals surface area contributed by atoms with Crippen molar-refractivity contribution < 1.29 is 18.5 Å². The molecule has 2 N–H and O–H groups in total. The lowest BCUT2D eigenvalue weighted by Gasteiger charge is -2.28. The van der Waals surface area contributed by atoms with Gasteiger partial charge in [0.1, 0.15) is 11.8 Å². The minimum absolute atomic E-state index is 0.167. The molecule has 8 heteroatoms. The first-order valence-corrected chi connectivity index (χ1v) is 8.61. The topological polar surface area (TPSA) is 102 Å². The summed E-state index contributed by atoms with van der Waals surface area (Å²) >= 11 is 0. The van der Waals surface area contributed by atoms with E-state index in [1.54, 1.807) is 12.3 Å². The van der Waals surface area contributed by atoms with E-state index >= 15 is 0 Å². The average molecular weight is 348 g/mol. The van der Waals surface area contributed by atoms with Gasteiger partial charge in [-0.1, -0.05) is 19.0 Å². The van der Waals surface area contributed by atoms with Gasteiger partial charge in [0.25, 0.3) is 0 Å². The third-order valence-electron chi connectivity index (χ3n) is 4.27. The number of nitrogens with one attached hydrogen (secondary N) is 2. The summed E-state index contributed by atoms with van der Waals surface area (Å²) in [5.41, 5.74) is 0. The lowest BCUT2D eigenvalue weighted by molar-refractivity contribution is 0.0503. The van der Waals surface area contributed by atoms with Crippen molar-refractivity contribution in [3.8, 4) is 0 Å². The first-order valence-electron chi connectivity index (χ1n) is 8.61. The van der Waals surface area contributed by atoms with Crippen LogP contribution in [0.3, 0.4) is 0 Å². The number of ether oxygens (including phenoxy) is 1. The predicted molar refractivity (Wildman–Crippen MR) is 88.8 cm³/mol. The molecule has 3 rings (SSSR count). The maximum atomic E-state index is 12.3. The van der Waals surface area contributed by atoms with E-state index in [9.17, 15) is 4.79 Å². The summed E-state index contributed by atoms with van der Waals surface area (Å²) in [7, 11) is 0. The SMILES string of the molecule is CC(C)c1noc(C(NC(=O)NCc2ccco2)C2CCOCC2)n1. The third kappa shape index (κ3) is 4.60. The molecule has 1 unspecified atom stereocenters. The van der Waals surface area contributed by atoms with Crippen LogP contribution in [0.2, 0.25) is 0 Å². The van der Waals surface area contributed by atoms with E-state index in [4.69, 9.17) is 13.7 Å². The fraction of sp³-hybridized carbons (Fsp3) is 0.588. The summed E-state index contributed by atoms with van der Waals surface area (Å²) in [4.78, 5) is 16.8. The van der Waals surface area contributed by atoms with Crippen molar-refractivity contribution in [3.63, 3.8) is 0 Å². The summed E-state index contributed by atoms with van der Waals surface area (Å²) in [6.07, 6.45) is 3.25. The molecule has 3 heterocycles. The van der Waals surface area contributed by atoms with Crippen LogP contribution in [-0.4, -0.2) is 29.4 Å². The fourth-order valence-electron chi connectivity index (χ4n) is 2.81. The molecule has 1 fully saturated rings. The number of amides is 2. The molecule has 1 aliphatic heterocycles. The van der Waals surface area contributed by atoms with Gasteiger partial charge in [0.05, 0.1) is 12.8 Å². The van der Waals surface area contributed by atoms with Crippen molar-refractivity contribution in [1.29, 1.82) is 0 Å². The summed E-state index contributed by atoms with van der Waals surface area (Å²) in [5.74, 6) is 2.15. The molecule has 2 amide bonds. The first-order chi connectivity index (χ1) is 12.1. The first kappa shape index (κ1) is 17.5. The van der Waals surface area contributed by atoms with E-state index < -0.39 is 0 Å². The summed E-state index contributed by atoms with van der Waals surface area (Å²) in [6, 6.07) is 2.96. The molecule has 8 nitrogen and oxygen atoms in total. The van der Waals surface area contributed by atoms with Gasteiger partial charge in [-0.3, -0.25) is 0 Å². The Kier molecular flexibility index (Phi) is 5.70. The molecule has 0 saturated carbocycles. The van der Waals surface area contributed by atoms with Crippen LogP contribution >= 0.6 is 0 Å². The highest BCUT2D eigenvalue weighted by atomic mass is 16.5. The van der Waals surface area contributed by atoms with E-state index in [2.05, 4.69) is 20.8 Å². The summed E-state index contributed by atoms with van der Waals surface area (Å²) < 4.78 is 16.1. The van der Waals surface area contributed by atoms with Crippen LogP contribution in [0.1, 0.15) is 56.1 Å². The maximum Gasteiger partial charge on any atom is 0.315 e. The molecule has 0 bridgehead atoms. The third-order valence-corrected chi connectivity index (χ3v) is 4.27. The van der Waals surface area contributed by atoms with Crippen LogP contribution in [0.4, 0.5) is 4.79 Å². The molecular formula is C17H24N4O4. The van der Waals surface area contributed by atoms with Crippen molar-refractivity contribution in [2.45, 2.75) is 45.2 Å². The minimum atomic E-state index is -0.333. The largest absolute Gasteiger partial charge is 0.467 e. The van der Waals surface area contributed by atoms with Gasteiger partial charge in [-0.15, -0.1) is 0 Å². The fourth-order valence-corrected chi connectivity index (χ4v) is 2.81. The molecule has 1 atom stereocenters. The van der Waals surface area contributed by atoms with Crippen molar-refractivity contribution in [2.75, 3.05) is 13.2 Å². The number of carbonyl (C=O) groups is 1.